The quantitative estimate of drug-likeness (QED) is 0.798. The van der Waals surface area contributed by atoms with Gasteiger partial charge in [-0.1, -0.05) is 11.6 Å². The highest BCUT2D eigenvalue weighted by atomic mass is 35.5. The monoisotopic (exact) mass is 289 g/mol. The summed E-state index contributed by atoms with van der Waals surface area (Å²) >= 11 is 5.75. The Morgan fingerprint density at radius 1 is 1.42 bits per heavy atom. The van der Waals surface area contributed by atoms with Gasteiger partial charge in [0.25, 0.3) is 0 Å². The van der Waals surface area contributed by atoms with Gasteiger partial charge in [0.2, 0.25) is 0 Å². The maximum atomic E-state index is 12.7. The number of carbonyl (C=O) groups is 1. The van der Waals surface area contributed by atoms with E-state index in [0.717, 1.165) is 10.2 Å². The molecule has 0 N–H and O–H groups in total. The van der Waals surface area contributed by atoms with Gasteiger partial charge in [-0.05, 0) is 24.6 Å². The fraction of sp³-hybridized carbons (Fsp3) is 0.182. The van der Waals surface area contributed by atoms with E-state index >= 15 is 0 Å². The molecule has 19 heavy (non-hydrogen) atoms. The molecule has 0 amide bonds. The molecule has 100 valence electrons. The maximum Gasteiger partial charge on any atom is 0.435 e. The molecule has 8 heteroatoms. The molecule has 0 bridgehead atoms. The largest absolute Gasteiger partial charge is 0.435 e. The average Bonchev–Trinajstić information content (AvgIpc) is 2.66. The van der Waals surface area contributed by atoms with Gasteiger partial charge in [0.05, 0.1) is 5.56 Å². The van der Waals surface area contributed by atoms with E-state index in [9.17, 15) is 18.0 Å². The lowest BCUT2D eigenvalue weighted by molar-refractivity contribution is -0.141. The molecule has 0 saturated carbocycles. The van der Waals surface area contributed by atoms with Gasteiger partial charge in [0.15, 0.2) is 17.8 Å². The van der Waals surface area contributed by atoms with Gasteiger partial charge in [0.1, 0.15) is 5.15 Å². The number of carbonyl (C=O) groups excluding carboxylic acids is 1. The lowest BCUT2D eigenvalue weighted by atomic mass is 10.2. The van der Waals surface area contributed by atoms with Crippen molar-refractivity contribution in [3.05, 3.63) is 40.3 Å². The molecule has 0 unspecified atom stereocenters. The molecule has 0 aliphatic rings. The molecule has 0 aromatic carbocycles. The average molecular weight is 290 g/mol. The van der Waals surface area contributed by atoms with Crippen molar-refractivity contribution in [1.29, 1.82) is 0 Å². The van der Waals surface area contributed by atoms with Gasteiger partial charge in [-0.3, -0.25) is 4.79 Å². The van der Waals surface area contributed by atoms with Crippen LogP contribution in [0.2, 0.25) is 5.15 Å². The molecule has 0 aliphatic heterocycles. The Morgan fingerprint density at radius 2 is 2.11 bits per heavy atom. The van der Waals surface area contributed by atoms with Crippen molar-refractivity contribution in [1.82, 2.24) is 14.8 Å². The minimum Gasteiger partial charge on any atom is -0.298 e. The van der Waals surface area contributed by atoms with E-state index in [0.29, 0.717) is 0 Å². The second-order valence-corrected chi connectivity index (χ2v) is 4.13. The predicted molar refractivity (Wildman–Crippen MR) is 61.5 cm³/mol. The third-order valence-electron chi connectivity index (χ3n) is 2.37. The number of aromatic nitrogens is 3. The van der Waals surface area contributed by atoms with E-state index in [-0.39, 0.29) is 12.1 Å². The Labute approximate surface area is 110 Å². The van der Waals surface area contributed by atoms with Crippen LogP contribution in [0.25, 0.3) is 5.82 Å². The smallest absolute Gasteiger partial charge is 0.298 e. The third kappa shape index (κ3) is 2.46. The van der Waals surface area contributed by atoms with Gasteiger partial charge in [-0.2, -0.15) is 18.3 Å². The van der Waals surface area contributed by atoms with Crippen LogP contribution in [0.4, 0.5) is 13.2 Å². The van der Waals surface area contributed by atoms with Crippen LogP contribution in [-0.2, 0) is 6.18 Å². The van der Waals surface area contributed by atoms with E-state index in [1.807, 2.05) is 0 Å². The van der Waals surface area contributed by atoms with Crippen LogP contribution in [0.5, 0.6) is 0 Å². The first kappa shape index (κ1) is 13.5. The molecule has 0 aliphatic carbocycles. The van der Waals surface area contributed by atoms with Gasteiger partial charge in [-0.25, -0.2) is 9.67 Å². The van der Waals surface area contributed by atoms with Gasteiger partial charge >= 0.3 is 6.18 Å². The van der Waals surface area contributed by atoms with Gasteiger partial charge in [-0.15, -0.1) is 0 Å². The highest BCUT2D eigenvalue weighted by Crippen LogP contribution is 2.34. The summed E-state index contributed by atoms with van der Waals surface area (Å²) in [6, 6.07) is 3.18. The summed E-state index contributed by atoms with van der Waals surface area (Å²) in [5.41, 5.74) is -1.24. The number of nitrogens with zero attached hydrogens (tertiary/aromatic N) is 3. The topological polar surface area (TPSA) is 47.8 Å². The fourth-order valence-corrected chi connectivity index (χ4v) is 1.77. The van der Waals surface area contributed by atoms with Gasteiger partial charge < -0.3 is 0 Å². The van der Waals surface area contributed by atoms with Gasteiger partial charge in [0, 0.05) is 6.20 Å². The van der Waals surface area contributed by atoms with E-state index in [1.54, 1.807) is 13.0 Å². The van der Waals surface area contributed by atoms with Crippen LogP contribution in [0.15, 0.2) is 18.3 Å². The molecular weight excluding hydrogens is 283 g/mol. The number of aryl methyl sites for hydroxylation is 1. The number of pyridine rings is 1. The Balaban J connectivity index is 2.66. The molecule has 0 fully saturated rings. The number of halogens is 4. The molecular formula is C11H7ClF3N3O. The molecule has 2 aromatic rings. The lowest BCUT2D eigenvalue weighted by Gasteiger charge is -2.03. The number of aldehydes is 1. The van der Waals surface area contributed by atoms with Crippen molar-refractivity contribution in [2.24, 2.45) is 0 Å². The van der Waals surface area contributed by atoms with Crippen LogP contribution in [0, 0.1) is 6.92 Å². The Hall–Kier alpha value is -1.89. The van der Waals surface area contributed by atoms with E-state index in [4.69, 9.17) is 11.6 Å². The fourth-order valence-electron chi connectivity index (χ4n) is 1.51. The van der Waals surface area contributed by atoms with E-state index in [1.165, 1.54) is 12.3 Å². The molecule has 4 nitrogen and oxygen atoms in total. The zero-order valence-electron chi connectivity index (χ0n) is 9.57. The Bertz CT molecular complexity index is 637. The third-order valence-corrected chi connectivity index (χ3v) is 2.73. The van der Waals surface area contributed by atoms with Crippen molar-refractivity contribution >= 4 is 17.9 Å². The summed E-state index contributed by atoms with van der Waals surface area (Å²) in [7, 11) is 0. The molecule has 0 radical (unpaired) electrons. The summed E-state index contributed by atoms with van der Waals surface area (Å²) in [5.74, 6) is 0.114. The van der Waals surface area contributed by atoms with Crippen LogP contribution in [0.1, 0.15) is 21.6 Å². The van der Waals surface area contributed by atoms with Crippen LogP contribution in [-0.4, -0.2) is 21.1 Å². The standard InChI is InChI=1S/C11H7ClF3N3O/c1-6-2-3-16-8(4-6)18-10(12)7(5-19)9(17-18)11(13,14)15/h2-5H,1H3. The second kappa shape index (κ2) is 4.65. The minimum atomic E-state index is -4.76. The lowest BCUT2D eigenvalue weighted by Crippen LogP contribution is -2.09. The summed E-state index contributed by atoms with van der Waals surface area (Å²) in [6.45, 7) is 1.74. The second-order valence-electron chi connectivity index (χ2n) is 3.77. The molecule has 2 heterocycles. The van der Waals surface area contributed by atoms with Crippen molar-refractivity contribution in [3.63, 3.8) is 0 Å². The molecule has 0 spiro atoms. The summed E-state index contributed by atoms with van der Waals surface area (Å²) in [6.07, 6.45) is -3.31. The summed E-state index contributed by atoms with van der Waals surface area (Å²) < 4.78 is 38.9. The number of alkyl halides is 3. The van der Waals surface area contributed by atoms with Crippen molar-refractivity contribution in [2.45, 2.75) is 13.1 Å². The summed E-state index contributed by atoms with van der Waals surface area (Å²) in [4.78, 5) is 14.6. The van der Waals surface area contributed by atoms with Crippen molar-refractivity contribution in [2.75, 3.05) is 0 Å². The number of hydrogen-bond donors (Lipinski definition) is 0. The maximum absolute atomic E-state index is 12.7. The number of hydrogen-bond acceptors (Lipinski definition) is 3. The summed E-state index contributed by atoms with van der Waals surface area (Å²) in [5, 5.41) is 2.91. The first-order valence-corrected chi connectivity index (χ1v) is 5.46. The molecule has 0 saturated heterocycles. The first-order chi connectivity index (χ1) is 8.84. The van der Waals surface area contributed by atoms with Crippen LogP contribution >= 0.6 is 11.6 Å². The Kier molecular flexibility index (Phi) is 3.32. The SMILES string of the molecule is Cc1ccnc(-n2nc(C(F)(F)F)c(C=O)c2Cl)c1. The Morgan fingerprint density at radius 3 is 2.58 bits per heavy atom. The van der Waals surface area contributed by atoms with E-state index in [2.05, 4.69) is 10.1 Å². The predicted octanol–water partition coefficient (Wildman–Crippen LogP) is 3.06. The zero-order chi connectivity index (χ0) is 14.2. The van der Waals surface area contributed by atoms with Crippen molar-refractivity contribution < 1.29 is 18.0 Å². The highest BCUT2D eigenvalue weighted by Gasteiger charge is 2.39. The zero-order valence-corrected chi connectivity index (χ0v) is 10.3. The van der Waals surface area contributed by atoms with Crippen LogP contribution in [0.3, 0.4) is 0 Å². The first-order valence-electron chi connectivity index (χ1n) is 5.08. The molecule has 2 aromatic heterocycles. The molecule has 0 atom stereocenters. The minimum absolute atomic E-state index is 0.0322. The van der Waals surface area contributed by atoms with E-state index < -0.39 is 22.6 Å². The van der Waals surface area contributed by atoms with Crippen LogP contribution < -0.4 is 0 Å². The number of rotatable bonds is 2. The molecule has 2 rings (SSSR count). The van der Waals surface area contributed by atoms with Crippen molar-refractivity contribution in [3.8, 4) is 5.82 Å². The highest BCUT2D eigenvalue weighted by molar-refractivity contribution is 6.32. The normalized spacial score (nSPS) is 11.6.